The summed E-state index contributed by atoms with van der Waals surface area (Å²) in [4.78, 5) is 6.81. The summed E-state index contributed by atoms with van der Waals surface area (Å²) in [5, 5.41) is 0. The van der Waals surface area contributed by atoms with Gasteiger partial charge in [0.15, 0.2) is 11.6 Å². The minimum atomic E-state index is -0.836. The Morgan fingerprint density at radius 1 is 1.11 bits per heavy atom. The van der Waals surface area contributed by atoms with E-state index >= 15 is 0 Å². The Hall–Kier alpha value is -1.81. The van der Waals surface area contributed by atoms with E-state index in [1.165, 1.54) is 11.6 Å². The second kappa shape index (κ2) is 4.70. The van der Waals surface area contributed by atoms with Gasteiger partial charge in [-0.15, -0.1) is 0 Å². The van der Waals surface area contributed by atoms with Crippen molar-refractivity contribution in [1.29, 1.82) is 0 Å². The predicted molar refractivity (Wildman–Crippen MR) is 69.6 cm³/mol. The Bertz CT molecular complexity index is 626. The highest BCUT2D eigenvalue weighted by Crippen LogP contribution is 2.23. The summed E-state index contributed by atoms with van der Waals surface area (Å²) in [6.45, 7) is 1.86. The van der Waals surface area contributed by atoms with Crippen molar-refractivity contribution < 1.29 is 8.78 Å². The standard InChI is InChI=1S/C15H14F2N2/c1-19-7-6-15-11(9-19)3-5-14(18-15)10-2-4-12(16)13(17)8-10/h2-5,8H,6-7,9H2,1H3. The van der Waals surface area contributed by atoms with E-state index in [0.29, 0.717) is 11.3 Å². The summed E-state index contributed by atoms with van der Waals surface area (Å²) in [5.41, 5.74) is 3.57. The molecule has 0 spiro atoms. The van der Waals surface area contributed by atoms with E-state index in [1.807, 2.05) is 12.1 Å². The van der Waals surface area contributed by atoms with Gasteiger partial charge in [-0.3, -0.25) is 4.98 Å². The number of benzene rings is 1. The third-order valence-electron chi connectivity index (χ3n) is 3.45. The number of nitrogens with zero attached hydrogens (tertiary/aromatic N) is 2. The van der Waals surface area contributed by atoms with E-state index in [4.69, 9.17) is 0 Å². The number of pyridine rings is 1. The van der Waals surface area contributed by atoms with E-state index in [-0.39, 0.29) is 0 Å². The van der Waals surface area contributed by atoms with Crippen LogP contribution in [0.5, 0.6) is 0 Å². The summed E-state index contributed by atoms with van der Waals surface area (Å²) in [6, 6.07) is 7.78. The Morgan fingerprint density at radius 3 is 2.74 bits per heavy atom. The van der Waals surface area contributed by atoms with Crippen molar-refractivity contribution in [2.24, 2.45) is 0 Å². The molecular formula is C15H14F2N2. The van der Waals surface area contributed by atoms with Crippen LogP contribution in [0.4, 0.5) is 8.78 Å². The van der Waals surface area contributed by atoms with Crippen molar-refractivity contribution in [3.63, 3.8) is 0 Å². The van der Waals surface area contributed by atoms with Crippen LogP contribution in [0.15, 0.2) is 30.3 Å². The van der Waals surface area contributed by atoms with Gasteiger partial charge in [-0.1, -0.05) is 6.07 Å². The molecule has 4 heteroatoms. The number of halogens is 2. The van der Waals surface area contributed by atoms with Crippen LogP contribution in [0.25, 0.3) is 11.3 Å². The Balaban J connectivity index is 2.00. The maximum absolute atomic E-state index is 13.2. The van der Waals surface area contributed by atoms with Crippen molar-refractivity contribution in [2.45, 2.75) is 13.0 Å². The number of likely N-dealkylation sites (N-methyl/N-ethyl adjacent to an activating group) is 1. The first-order valence-corrected chi connectivity index (χ1v) is 6.26. The first-order chi connectivity index (χ1) is 9.13. The molecule has 2 nitrogen and oxygen atoms in total. The van der Waals surface area contributed by atoms with Crippen molar-refractivity contribution in [3.05, 3.63) is 53.2 Å². The molecule has 1 aliphatic rings. The van der Waals surface area contributed by atoms with Gasteiger partial charge in [0.1, 0.15) is 0 Å². The average molecular weight is 260 g/mol. The van der Waals surface area contributed by atoms with Gasteiger partial charge in [0, 0.05) is 30.8 Å². The fourth-order valence-electron chi connectivity index (χ4n) is 2.37. The van der Waals surface area contributed by atoms with Gasteiger partial charge >= 0.3 is 0 Å². The molecule has 0 saturated carbocycles. The maximum atomic E-state index is 13.2. The van der Waals surface area contributed by atoms with E-state index in [0.717, 1.165) is 31.3 Å². The average Bonchev–Trinajstić information content (AvgIpc) is 2.41. The maximum Gasteiger partial charge on any atom is 0.159 e. The molecule has 0 saturated heterocycles. The highest BCUT2D eigenvalue weighted by Gasteiger charge is 2.15. The van der Waals surface area contributed by atoms with Crippen molar-refractivity contribution >= 4 is 0 Å². The molecule has 3 rings (SSSR count). The summed E-state index contributed by atoms with van der Waals surface area (Å²) < 4.78 is 26.2. The largest absolute Gasteiger partial charge is 0.302 e. The molecule has 1 aromatic heterocycles. The minimum absolute atomic E-state index is 0.612. The monoisotopic (exact) mass is 260 g/mol. The number of hydrogen-bond donors (Lipinski definition) is 0. The number of aromatic nitrogens is 1. The Kier molecular flexibility index (Phi) is 3.03. The molecule has 2 heterocycles. The zero-order valence-corrected chi connectivity index (χ0v) is 10.7. The van der Waals surface area contributed by atoms with Crippen molar-refractivity contribution in [1.82, 2.24) is 9.88 Å². The third-order valence-corrected chi connectivity index (χ3v) is 3.45. The second-order valence-corrected chi connectivity index (χ2v) is 4.92. The van der Waals surface area contributed by atoms with Crippen molar-refractivity contribution in [3.8, 4) is 11.3 Å². The van der Waals surface area contributed by atoms with Gasteiger partial charge in [-0.05, 0) is 36.9 Å². The predicted octanol–water partition coefficient (Wildman–Crippen LogP) is 3.01. The van der Waals surface area contributed by atoms with E-state index in [1.54, 1.807) is 6.07 Å². The first kappa shape index (κ1) is 12.2. The van der Waals surface area contributed by atoms with Crippen LogP contribution >= 0.6 is 0 Å². The van der Waals surface area contributed by atoms with E-state index < -0.39 is 11.6 Å². The fraction of sp³-hybridized carbons (Fsp3) is 0.267. The Morgan fingerprint density at radius 2 is 1.95 bits per heavy atom. The molecule has 0 atom stereocenters. The molecule has 2 aromatic rings. The summed E-state index contributed by atoms with van der Waals surface area (Å²) in [7, 11) is 2.08. The van der Waals surface area contributed by atoms with Crippen LogP contribution < -0.4 is 0 Å². The normalized spacial score (nSPS) is 15.3. The van der Waals surface area contributed by atoms with Crippen LogP contribution in [0.2, 0.25) is 0 Å². The number of fused-ring (bicyclic) bond motifs is 1. The molecule has 1 aromatic carbocycles. The van der Waals surface area contributed by atoms with Gasteiger partial charge in [-0.2, -0.15) is 0 Å². The summed E-state index contributed by atoms with van der Waals surface area (Å²) >= 11 is 0. The van der Waals surface area contributed by atoms with Crippen molar-refractivity contribution in [2.75, 3.05) is 13.6 Å². The van der Waals surface area contributed by atoms with Crippen LogP contribution in [0, 0.1) is 11.6 Å². The molecule has 0 bridgehead atoms. The fourth-order valence-corrected chi connectivity index (χ4v) is 2.37. The molecule has 0 unspecified atom stereocenters. The topological polar surface area (TPSA) is 16.1 Å². The molecule has 98 valence electrons. The lowest BCUT2D eigenvalue weighted by Crippen LogP contribution is -2.27. The van der Waals surface area contributed by atoms with Gasteiger partial charge in [0.25, 0.3) is 0 Å². The van der Waals surface area contributed by atoms with Crippen LogP contribution in [-0.4, -0.2) is 23.5 Å². The number of hydrogen-bond acceptors (Lipinski definition) is 2. The summed E-state index contributed by atoms with van der Waals surface area (Å²) in [6.07, 6.45) is 0.892. The lowest BCUT2D eigenvalue weighted by molar-refractivity contribution is 0.310. The zero-order chi connectivity index (χ0) is 13.4. The lowest BCUT2D eigenvalue weighted by atomic mass is 10.0. The minimum Gasteiger partial charge on any atom is -0.302 e. The lowest BCUT2D eigenvalue weighted by Gasteiger charge is -2.24. The first-order valence-electron chi connectivity index (χ1n) is 6.26. The second-order valence-electron chi connectivity index (χ2n) is 4.92. The van der Waals surface area contributed by atoms with E-state index in [2.05, 4.69) is 16.9 Å². The smallest absolute Gasteiger partial charge is 0.159 e. The quantitative estimate of drug-likeness (QED) is 0.783. The molecule has 0 N–H and O–H groups in total. The summed E-state index contributed by atoms with van der Waals surface area (Å²) in [5.74, 6) is -1.67. The number of rotatable bonds is 1. The molecule has 0 amide bonds. The molecule has 0 aliphatic carbocycles. The van der Waals surface area contributed by atoms with E-state index in [9.17, 15) is 8.78 Å². The van der Waals surface area contributed by atoms with Gasteiger partial charge in [0.05, 0.1) is 5.69 Å². The van der Waals surface area contributed by atoms with Crippen LogP contribution in [-0.2, 0) is 13.0 Å². The Labute approximate surface area is 110 Å². The van der Waals surface area contributed by atoms with Crippen LogP contribution in [0.1, 0.15) is 11.3 Å². The van der Waals surface area contributed by atoms with Gasteiger partial charge in [0.2, 0.25) is 0 Å². The molecule has 0 fully saturated rings. The molecule has 19 heavy (non-hydrogen) atoms. The third kappa shape index (κ3) is 2.36. The molecular weight excluding hydrogens is 246 g/mol. The van der Waals surface area contributed by atoms with Gasteiger partial charge < -0.3 is 4.90 Å². The van der Waals surface area contributed by atoms with Crippen LogP contribution in [0.3, 0.4) is 0 Å². The highest BCUT2D eigenvalue weighted by molar-refractivity contribution is 5.59. The zero-order valence-electron chi connectivity index (χ0n) is 10.7. The molecule has 0 radical (unpaired) electrons. The highest BCUT2D eigenvalue weighted by atomic mass is 19.2. The molecule has 1 aliphatic heterocycles. The van der Waals surface area contributed by atoms with Gasteiger partial charge in [-0.25, -0.2) is 8.78 Å². The SMILES string of the molecule is CN1CCc2nc(-c3ccc(F)c(F)c3)ccc2C1.